The van der Waals surface area contributed by atoms with Crippen molar-refractivity contribution in [3.8, 4) is 0 Å². The Morgan fingerprint density at radius 3 is 2.56 bits per heavy atom. The highest BCUT2D eigenvalue weighted by Gasteiger charge is 2.27. The molecule has 1 aromatic heterocycles. The Hall–Kier alpha value is -1.17. The fourth-order valence-electron chi connectivity index (χ4n) is 3.72. The van der Waals surface area contributed by atoms with Gasteiger partial charge in [0.1, 0.15) is 0 Å². The Bertz CT molecular complexity index is 587. The molecular weight excluding hydrogens is 312 g/mol. The highest BCUT2D eigenvalue weighted by molar-refractivity contribution is 5.25. The number of aliphatic hydroxyl groups is 1. The van der Waals surface area contributed by atoms with Gasteiger partial charge >= 0.3 is 0 Å². The molecule has 0 aliphatic carbocycles. The molecule has 1 aliphatic heterocycles. The predicted molar refractivity (Wildman–Crippen MR) is 104 cm³/mol. The van der Waals surface area contributed by atoms with Gasteiger partial charge in [0, 0.05) is 62.7 Å². The summed E-state index contributed by atoms with van der Waals surface area (Å²) in [6, 6.07) is 0.825. The second kappa shape index (κ2) is 8.97. The Morgan fingerprint density at radius 2 is 2.00 bits per heavy atom. The van der Waals surface area contributed by atoms with Gasteiger partial charge in [-0.1, -0.05) is 11.6 Å². The van der Waals surface area contributed by atoms with Crippen molar-refractivity contribution in [3.05, 3.63) is 28.6 Å². The van der Waals surface area contributed by atoms with E-state index in [0.29, 0.717) is 12.1 Å². The average Bonchev–Trinajstić information content (AvgIpc) is 2.82. The lowest BCUT2D eigenvalue weighted by Gasteiger charge is -2.41. The number of aliphatic hydroxyl groups excluding tert-OH is 1. The van der Waals surface area contributed by atoms with Crippen molar-refractivity contribution in [2.24, 2.45) is 0 Å². The van der Waals surface area contributed by atoms with Crippen LogP contribution in [0.25, 0.3) is 0 Å². The molecule has 0 spiro atoms. The lowest BCUT2D eigenvalue weighted by atomic mass is 10.1. The summed E-state index contributed by atoms with van der Waals surface area (Å²) in [5.74, 6) is 0. The van der Waals surface area contributed by atoms with Crippen LogP contribution in [-0.4, -0.2) is 63.5 Å². The summed E-state index contributed by atoms with van der Waals surface area (Å²) in [4.78, 5) is 5.04. The molecule has 1 N–H and O–H groups in total. The minimum Gasteiger partial charge on any atom is -0.396 e. The van der Waals surface area contributed by atoms with Gasteiger partial charge in [-0.25, -0.2) is 0 Å². The molecule has 5 heteroatoms. The monoisotopic (exact) mass is 348 g/mol. The SMILES string of the molecule is CC(C)=CCN1CCN(Cc2c(C)nn(C(C)C)c2C)CC1CCO. The van der Waals surface area contributed by atoms with Gasteiger partial charge in [0.15, 0.2) is 0 Å². The molecule has 2 heterocycles. The molecule has 0 amide bonds. The Morgan fingerprint density at radius 1 is 1.28 bits per heavy atom. The maximum atomic E-state index is 9.47. The summed E-state index contributed by atoms with van der Waals surface area (Å²) >= 11 is 0. The van der Waals surface area contributed by atoms with Gasteiger partial charge in [-0.15, -0.1) is 0 Å². The third-order valence-electron chi connectivity index (χ3n) is 5.23. The van der Waals surface area contributed by atoms with E-state index >= 15 is 0 Å². The van der Waals surface area contributed by atoms with E-state index in [4.69, 9.17) is 5.10 Å². The van der Waals surface area contributed by atoms with Crippen LogP contribution in [0.3, 0.4) is 0 Å². The zero-order chi connectivity index (χ0) is 18.6. The first-order chi connectivity index (χ1) is 11.8. The lowest BCUT2D eigenvalue weighted by molar-refractivity contribution is 0.0634. The molecule has 142 valence electrons. The van der Waals surface area contributed by atoms with E-state index in [0.717, 1.165) is 44.8 Å². The van der Waals surface area contributed by atoms with E-state index < -0.39 is 0 Å². The van der Waals surface area contributed by atoms with E-state index in [2.05, 4.69) is 62.1 Å². The summed E-state index contributed by atoms with van der Waals surface area (Å²) in [7, 11) is 0. The third-order valence-corrected chi connectivity index (χ3v) is 5.23. The van der Waals surface area contributed by atoms with Crippen LogP contribution in [0.5, 0.6) is 0 Å². The van der Waals surface area contributed by atoms with Gasteiger partial charge in [0.2, 0.25) is 0 Å². The zero-order valence-corrected chi connectivity index (χ0v) is 16.9. The molecule has 5 nitrogen and oxygen atoms in total. The van der Waals surface area contributed by atoms with Crippen molar-refractivity contribution < 1.29 is 5.11 Å². The van der Waals surface area contributed by atoms with Crippen LogP contribution in [0.2, 0.25) is 0 Å². The van der Waals surface area contributed by atoms with Crippen molar-refractivity contribution in [3.63, 3.8) is 0 Å². The Kier molecular flexibility index (Phi) is 7.23. The smallest absolute Gasteiger partial charge is 0.0641 e. The first kappa shape index (κ1) is 20.1. The van der Waals surface area contributed by atoms with Crippen molar-refractivity contribution in [1.29, 1.82) is 0 Å². The van der Waals surface area contributed by atoms with Crippen LogP contribution in [0.1, 0.15) is 57.1 Å². The number of piperazine rings is 1. The normalized spacial score (nSPS) is 19.6. The summed E-state index contributed by atoms with van der Waals surface area (Å²) in [6.45, 7) is 18.3. The van der Waals surface area contributed by atoms with Gasteiger partial charge in [-0.2, -0.15) is 5.10 Å². The molecule has 1 aliphatic rings. The summed E-state index contributed by atoms with van der Waals surface area (Å²) < 4.78 is 2.14. The van der Waals surface area contributed by atoms with Crippen LogP contribution in [0.15, 0.2) is 11.6 Å². The largest absolute Gasteiger partial charge is 0.396 e. The number of nitrogens with zero attached hydrogens (tertiary/aromatic N) is 4. The molecule has 2 rings (SSSR count). The first-order valence-electron chi connectivity index (χ1n) is 9.58. The highest BCUT2D eigenvalue weighted by atomic mass is 16.3. The van der Waals surface area contributed by atoms with Crippen LogP contribution in [0.4, 0.5) is 0 Å². The summed E-state index contributed by atoms with van der Waals surface area (Å²) in [5.41, 5.74) is 5.17. The van der Waals surface area contributed by atoms with Crippen LogP contribution in [-0.2, 0) is 6.54 Å². The second-order valence-corrected chi connectivity index (χ2v) is 7.87. The first-order valence-corrected chi connectivity index (χ1v) is 9.58. The lowest BCUT2D eigenvalue weighted by Crippen LogP contribution is -2.53. The quantitative estimate of drug-likeness (QED) is 0.770. The van der Waals surface area contributed by atoms with Gasteiger partial charge in [-0.3, -0.25) is 14.5 Å². The highest BCUT2D eigenvalue weighted by Crippen LogP contribution is 2.21. The molecule has 0 radical (unpaired) electrons. The van der Waals surface area contributed by atoms with E-state index in [9.17, 15) is 5.11 Å². The molecule has 1 saturated heterocycles. The van der Waals surface area contributed by atoms with E-state index in [1.54, 1.807) is 0 Å². The number of rotatable bonds is 7. The summed E-state index contributed by atoms with van der Waals surface area (Å²) in [6.07, 6.45) is 3.14. The van der Waals surface area contributed by atoms with Crippen molar-refractivity contribution in [2.75, 3.05) is 32.8 Å². The number of hydrogen-bond donors (Lipinski definition) is 1. The predicted octanol–water partition coefficient (Wildman–Crippen LogP) is 2.92. The number of allylic oxidation sites excluding steroid dienone is 1. The Balaban J connectivity index is 2.06. The van der Waals surface area contributed by atoms with Crippen LogP contribution in [0, 0.1) is 13.8 Å². The van der Waals surface area contributed by atoms with Gasteiger partial charge in [0.25, 0.3) is 0 Å². The molecule has 1 fully saturated rings. The van der Waals surface area contributed by atoms with Crippen molar-refractivity contribution in [1.82, 2.24) is 19.6 Å². The van der Waals surface area contributed by atoms with Gasteiger partial charge in [-0.05, 0) is 48.0 Å². The van der Waals surface area contributed by atoms with Crippen molar-refractivity contribution >= 4 is 0 Å². The molecule has 0 saturated carbocycles. The van der Waals surface area contributed by atoms with E-state index in [1.165, 1.54) is 16.8 Å². The molecule has 1 aromatic rings. The van der Waals surface area contributed by atoms with Gasteiger partial charge < -0.3 is 5.11 Å². The number of aryl methyl sites for hydroxylation is 1. The maximum Gasteiger partial charge on any atom is 0.0641 e. The average molecular weight is 349 g/mol. The molecule has 25 heavy (non-hydrogen) atoms. The summed E-state index contributed by atoms with van der Waals surface area (Å²) in [5, 5.41) is 14.2. The zero-order valence-electron chi connectivity index (χ0n) is 16.9. The topological polar surface area (TPSA) is 44.5 Å². The fraction of sp³-hybridized carbons (Fsp3) is 0.750. The van der Waals surface area contributed by atoms with E-state index in [-0.39, 0.29) is 6.61 Å². The second-order valence-electron chi connectivity index (χ2n) is 7.87. The minimum atomic E-state index is 0.257. The van der Waals surface area contributed by atoms with Crippen LogP contribution >= 0.6 is 0 Å². The molecule has 1 unspecified atom stereocenters. The molecule has 1 atom stereocenters. The fourth-order valence-corrected chi connectivity index (χ4v) is 3.72. The standard InChI is InChI=1S/C20H36N4O/c1-15(2)7-9-23-11-10-22(13-19(23)8-12-25)14-20-17(5)21-24(16(3)4)18(20)6/h7,16,19,25H,8-14H2,1-6H3. The maximum absolute atomic E-state index is 9.47. The van der Waals surface area contributed by atoms with Crippen molar-refractivity contribution in [2.45, 2.75) is 66.6 Å². The molecule has 0 aromatic carbocycles. The third kappa shape index (κ3) is 5.16. The van der Waals surface area contributed by atoms with Gasteiger partial charge in [0.05, 0.1) is 5.69 Å². The van der Waals surface area contributed by atoms with E-state index in [1.807, 2.05) is 0 Å². The minimum absolute atomic E-state index is 0.257. The van der Waals surface area contributed by atoms with Crippen LogP contribution < -0.4 is 0 Å². The molecular formula is C20H36N4O. The molecule has 0 bridgehead atoms. The number of hydrogen-bond acceptors (Lipinski definition) is 4. The number of aromatic nitrogens is 2. The Labute approximate surface area is 153 Å².